The van der Waals surface area contributed by atoms with Crippen LogP contribution >= 0.6 is 0 Å². The number of aromatic nitrogens is 2. The van der Waals surface area contributed by atoms with E-state index in [2.05, 4.69) is 10.4 Å². The van der Waals surface area contributed by atoms with Crippen molar-refractivity contribution in [2.75, 3.05) is 26.7 Å². The Labute approximate surface area is 126 Å². The summed E-state index contributed by atoms with van der Waals surface area (Å²) in [5, 5.41) is 7.20. The maximum atomic E-state index is 12.7. The molecular weight excluding hydrogens is 292 g/mol. The molecule has 120 valence electrons. The second kappa shape index (κ2) is 6.87. The first kappa shape index (κ1) is 16.4. The predicted octanol–water partition coefficient (Wildman–Crippen LogP) is 0.291. The van der Waals surface area contributed by atoms with Gasteiger partial charge in [0.25, 0.3) is 0 Å². The van der Waals surface area contributed by atoms with E-state index >= 15 is 0 Å². The lowest BCUT2D eigenvalue weighted by molar-refractivity contribution is -0.0170. The van der Waals surface area contributed by atoms with Crippen molar-refractivity contribution >= 4 is 10.0 Å². The van der Waals surface area contributed by atoms with Gasteiger partial charge in [0.05, 0.1) is 18.9 Å². The molecule has 0 spiro atoms. The van der Waals surface area contributed by atoms with Crippen LogP contribution in [0.2, 0.25) is 0 Å². The Balaban J connectivity index is 2.11. The Hall–Kier alpha value is -0.960. The fourth-order valence-corrected chi connectivity index (χ4v) is 4.01. The van der Waals surface area contributed by atoms with E-state index in [1.807, 2.05) is 20.9 Å². The summed E-state index contributed by atoms with van der Waals surface area (Å²) >= 11 is 0. The van der Waals surface area contributed by atoms with Gasteiger partial charge in [-0.2, -0.15) is 9.40 Å². The summed E-state index contributed by atoms with van der Waals surface area (Å²) in [6.45, 7) is 6.13. The van der Waals surface area contributed by atoms with Gasteiger partial charge in [-0.3, -0.25) is 4.68 Å². The molecule has 0 aromatic carbocycles. The van der Waals surface area contributed by atoms with Crippen LogP contribution in [0.3, 0.4) is 0 Å². The third-order valence-corrected chi connectivity index (χ3v) is 5.51. The first-order valence-electron chi connectivity index (χ1n) is 7.25. The lowest BCUT2D eigenvalue weighted by atomic mass is 10.2. The van der Waals surface area contributed by atoms with Crippen molar-refractivity contribution in [3.05, 3.63) is 12.4 Å². The van der Waals surface area contributed by atoms with Crippen molar-refractivity contribution in [1.29, 1.82) is 0 Å². The van der Waals surface area contributed by atoms with E-state index < -0.39 is 10.0 Å². The Morgan fingerprint density at radius 3 is 2.95 bits per heavy atom. The van der Waals surface area contributed by atoms with Crippen LogP contribution in [-0.2, 0) is 21.3 Å². The summed E-state index contributed by atoms with van der Waals surface area (Å²) in [5.74, 6) is 0. The van der Waals surface area contributed by atoms with E-state index in [9.17, 15) is 8.42 Å². The second-order valence-electron chi connectivity index (χ2n) is 5.46. The molecule has 0 saturated carbocycles. The van der Waals surface area contributed by atoms with Crippen LogP contribution in [0, 0.1) is 0 Å². The van der Waals surface area contributed by atoms with Gasteiger partial charge in [0, 0.05) is 25.3 Å². The molecule has 8 heteroatoms. The molecule has 1 N–H and O–H groups in total. The van der Waals surface area contributed by atoms with Crippen molar-refractivity contribution < 1.29 is 13.2 Å². The summed E-state index contributed by atoms with van der Waals surface area (Å²) in [7, 11) is -1.61. The number of ether oxygens (including phenoxy) is 1. The Bertz CT molecular complexity index is 558. The van der Waals surface area contributed by atoms with E-state index in [-0.39, 0.29) is 17.0 Å². The van der Waals surface area contributed by atoms with Crippen LogP contribution in [0.25, 0.3) is 0 Å². The van der Waals surface area contributed by atoms with Gasteiger partial charge in [0.2, 0.25) is 10.0 Å². The molecule has 1 fully saturated rings. The zero-order chi connectivity index (χ0) is 15.5. The molecule has 0 aliphatic carbocycles. The van der Waals surface area contributed by atoms with Gasteiger partial charge in [-0.15, -0.1) is 0 Å². The van der Waals surface area contributed by atoms with Crippen molar-refractivity contribution in [2.24, 2.45) is 0 Å². The first-order valence-corrected chi connectivity index (χ1v) is 8.69. The smallest absolute Gasteiger partial charge is 0.246 e. The minimum absolute atomic E-state index is 0.0818. The van der Waals surface area contributed by atoms with Crippen molar-refractivity contribution in [3.63, 3.8) is 0 Å². The third kappa shape index (κ3) is 3.82. The Morgan fingerprint density at radius 2 is 2.24 bits per heavy atom. The Kier molecular flexibility index (Phi) is 5.37. The molecule has 0 radical (unpaired) electrons. The summed E-state index contributed by atoms with van der Waals surface area (Å²) in [4.78, 5) is 0.257. The number of morpholine rings is 1. The van der Waals surface area contributed by atoms with E-state index in [1.54, 1.807) is 10.9 Å². The van der Waals surface area contributed by atoms with Gasteiger partial charge in [-0.25, -0.2) is 8.42 Å². The topological polar surface area (TPSA) is 76.5 Å². The summed E-state index contributed by atoms with van der Waals surface area (Å²) < 4.78 is 34.1. The van der Waals surface area contributed by atoms with Gasteiger partial charge in [0.1, 0.15) is 4.90 Å². The Morgan fingerprint density at radius 1 is 1.48 bits per heavy atom. The van der Waals surface area contributed by atoms with E-state index in [1.165, 1.54) is 10.5 Å². The van der Waals surface area contributed by atoms with E-state index in [0.29, 0.717) is 19.7 Å². The first-order chi connectivity index (χ1) is 9.95. The standard InChI is InChI=1S/C13H24N4O3S/c1-11-10-20-12(2)8-17(11)21(18,19)13-7-15-16(9-13)6-4-5-14-3/h7,9,11-12,14H,4-6,8,10H2,1-3H3. The molecule has 2 atom stereocenters. The van der Waals surface area contributed by atoms with Gasteiger partial charge in [0.15, 0.2) is 0 Å². The minimum atomic E-state index is -3.50. The minimum Gasteiger partial charge on any atom is -0.375 e. The highest BCUT2D eigenvalue weighted by molar-refractivity contribution is 7.89. The molecule has 0 bridgehead atoms. The van der Waals surface area contributed by atoms with Crippen LogP contribution in [0.1, 0.15) is 20.3 Å². The second-order valence-corrected chi connectivity index (χ2v) is 7.35. The van der Waals surface area contributed by atoms with Gasteiger partial charge >= 0.3 is 0 Å². The summed E-state index contributed by atoms with van der Waals surface area (Å²) in [5.41, 5.74) is 0. The van der Waals surface area contributed by atoms with Crippen LogP contribution in [0.15, 0.2) is 17.3 Å². The maximum Gasteiger partial charge on any atom is 0.246 e. The number of nitrogens with one attached hydrogen (secondary N) is 1. The molecule has 1 saturated heterocycles. The van der Waals surface area contributed by atoms with E-state index in [0.717, 1.165) is 13.0 Å². The molecule has 1 aliphatic heterocycles. The van der Waals surface area contributed by atoms with Crippen molar-refractivity contribution in [3.8, 4) is 0 Å². The molecule has 2 rings (SSSR count). The van der Waals surface area contributed by atoms with Crippen molar-refractivity contribution in [1.82, 2.24) is 19.4 Å². The molecule has 2 heterocycles. The van der Waals surface area contributed by atoms with Gasteiger partial charge in [-0.05, 0) is 33.9 Å². The number of rotatable bonds is 6. The molecule has 0 amide bonds. The molecule has 21 heavy (non-hydrogen) atoms. The molecule has 7 nitrogen and oxygen atoms in total. The van der Waals surface area contributed by atoms with Gasteiger partial charge < -0.3 is 10.1 Å². The number of aryl methyl sites for hydroxylation is 1. The summed E-state index contributed by atoms with van der Waals surface area (Å²) in [6, 6.07) is -0.154. The van der Waals surface area contributed by atoms with Crippen LogP contribution in [-0.4, -0.2) is 61.4 Å². The normalized spacial score (nSPS) is 24.3. The number of hydrogen-bond acceptors (Lipinski definition) is 5. The fourth-order valence-electron chi connectivity index (χ4n) is 2.36. The highest BCUT2D eigenvalue weighted by atomic mass is 32.2. The molecule has 1 aliphatic rings. The van der Waals surface area contributed by atoms with Crippen LogP contribution in [0.5, 0.6) is 0 Å². The lowest BCUT2D eigenvalue weighted by Crippen LogP contribution is -2.49. The third-order valence-electron chi connectivity index (χ3n) is 3.58. The monoisotopic (exact) mass is 316 g/mol. The fraction of sp³-hybridized carbons (Fsp3) is 0.769. The molecular formula is C13H24N4O3S. The van der Waals surface area contributed by atoms with Crippen molar-refractivity contribution in [2.45, 2.75) is 43.9 Å². The quantitative estimate of drug-likeness (QED) is 0.764. The zero-order valence-corrected chi connectivity index (χ0v) is 13.6. The summed E-state index contributed by atoms with van der Waals surface area (Å²) in [6.07, 6.45) is 3.86. The number of nitrogens with zero attached hydrogens (tertiary/aromatic N) is 3. The molecule has 1 aromatic heterocycles. The molecule has 1 aromatic rings. The van der Waals surface area contributed by atoms with E-state index in [4.69, 9.17) is 4.74 Å². The zero-order valence-electron chi connectivity index (χ0n) is 12.8. The molecule has 2 unspecified atom stereocenters. The highest BCUT2D eigenvalue weighted by Crippen LogP contribution is 2.22. The average molecular weight is 316 g/mol. The maximum absolute atomic E-state index is 12.7. The van der Waals surface area contributed by atoms with Crippen LogP contribution < -0.4 is 5.32 Å². The average Bonchev–Trinajstić information content (AvgIpc) is 2.91. The predicted molar refractivity (Wildman–Crippen MR) is 79.5 cm³/mol. The highest BCUT2D eigenvalue weighted by Gasteiger charge is 2.34. The lowest BCUT2D eigenvalue weighted by Gasteiger charge is -2.35. The largest absolute Gasteiger partial charge is 0.375 e. The van der Waals surface area contributed by atoms with Crippen LogP contribution in [0.4, 0.5) is 0 Å². The number of sulfonamides is 1. The number of hydrogen-bond donors (Lipinski definition) is 1. The SMILES string of the molecule is CNCCCn1cc(S(=O)(=O)N2CC(C)OCC2C)cn1. The van der Waals surface area contributed by atoms with Gasteiger partial charge in [-0.1, -0.05) is 0 Å².